The van der Waals surface area contributed by atoms with E-state index in [9.17, 15) is 9.59 Å². The van der Waals surface area contributed by atoms with Gasteiger partial charge in [0.25, 0.3) is 0 Å². The Morgan fingerprint density at radius 3 is 2.78 bits per heavy atom. The van der Waals surface area contributed by atoms with Gasteiger partial charge in [0, 0.05) is 38.5 Å². The molecule has 5 nitrogen and oxygen atoms in total. The Balaban J connectivity index is 1.66. The van der Waals surface area contributed by atoms with Gasteiger partial charge in [0.1, 0.15) is 6.61 Å². The van der Waals surface area contributed by atoms with E-state index in [2.05, 4.69) is 0 Å². The highest BCUT2D eigenvalue weighted by atomic mass is 16.5. The molecule has 1 saturated carbocycles. The van der Waals surface area contributed by atoms with Crippen LogP contribution in [0.15, 0.2) is 0 Å². The molecule has 0 bridgehead atoms. The van der Waals surface area contributed by atoms with Gasteiger partial charge in [-0.15, -0.1) is 0 Å². The van der Waals surface area contributed by atoms with E-state index in [1.165, 1.54) is 0 Å². The lowest BCUT2D eigenvalue weighted by atomic mass is 9.94. The van der Waals surface area contributed by atoms with Gasteiger partial charge in [-0.05, 0) is 19.3 Å². The third-order valence-corrected chi connectivity index (χ3v) is 4.26. The minimum atomic E-state index is 0.0458. The fourth-order valence-corrected chi connectivity index (χ4v) is 2.94. The molecule has 0 unspecified atom stereocenters. The van der Waals surface area contributed by atoms with Crippen molar-refractivity contribution in [1.29, 1.82) is 0 Å². The van der Waals surface area contributed by atoms with E-state index in [1.807, 2.05) is 11.9 Å². The molecule has 3 fully saturated rings. The number of likely N-dealkylation sites (tertiary alicyclic amines) is 1. The molecule has 100 valence electrons. The van der Waals surface area contributed by atoms with Crippen molar-refractivity contribution in [3.05, 3.63) is 0 Å². The molecule has 3 rings (SSSR count). The van der Waals surface area contributed by atoms with Crippen LogP contribution in [0.2, 0.25) is 0 Å². The van der Waals surface area contributed by atoms with Crippen molar-refractivity contribution in [3.8, 4) is 0 Å². The van der Waals surface area contributed by atoms with Crippen molar-refractivity contribution < 1.29 is 14.3 Å². The lowest BCUT2D eigenvalue weighted by Gasteiger charge is -2.37. The second-order valence-electron chi connectivity index (χ2n) is 5.73. The van der Waals surface area contributed by atoms with Crippen molar-refractivity contribution in [2.24, 2.45) is 11.8 Å². The van der Waals surface area contributed by atoms with E-state index >= 15 is 0 Å². The van der Waals surface area contributed by atoms with Crippen LogP contribution in [-0.4, -0.2) is 61.0 Å². The number of carbonyl (C=O) groups is 2. The predicted molar refractivity (Wildman–Crippen MR) is 64.8 cm³/mol. The van der Waals surface area contributed by atoms with Crippen LogP contribution in [0.4, 0.5) is 0 Å². The van der Waals surface area contributed by atoms with Crippen LogP contribution < -0.4 is 0 Å². The van der Waals surface area contributed by atoms with Crippen LogP contribution in [0.25, 0.3) is 0 Å². The number of rotatable bonds is 1. The Bertz CT molecular complexity index is 367. The van der Waals surface area contributed by atoms with Gasteiger partial charge >= 0.3 is 0 Å². The summed E-state index contributed by atoms with van der Waals surface area (Å²) in [5.41, 5.74) is 0. The molecule has 18 heavy (non-hydrogen) atoms. The molecule has 0 radical (unpaired) electrons. The first-order chi connectivity index (χ1) is 8.65. The molecule has 2 amide bonds. The SMILES string of the molecule is CN1C[C@H]2CN(C(=O)C3CC3)CC[C@@H]2OCC1=O. The summed E-state index contributed by atoms with van der Waals surface area (Å²) in [4.78, 5) is 27.4. The van der Waals surface area contributed by atoms with E-state index < -0.39 is 0 Å². The first-order valence-electron chi connectivity index (χ1n) is 6.79. The lowest BCUT2D eigenvalue weighted by Crippen LogP contribution is -2.49. The molecular formula is C13H20N2O3. The highest BCUT2D eigenvalue weighted by molar-refractivity contribution is 5.81. The average Bonchev–Trinajstić information content (AvgIpc) is 3.19. The molecule has 0 spiro atoms. The zero-order valence-electron chi connectivity index (χ0n) is 10.8. The fourth-order valence-electron chi connectivity index (χ4n) is 2.94. The average molecular weight is 252 g/mol. The Kier molecular flexibility index (Phi) is 3.01. The maximum absolute atomic E-state index is 12.1. The first kappa shape index (κ1) is 12.0. The number of fused-ring (bicyclic) bond motifs is 1. The van der Waals surface area contributed by atoms with Crippen molar-refractivity contribution in [2.45, 2.75) is 25.4 Å². The molecule has 3 aliphatic rings. The summed E-state index contributed by atoms with van der Waals surface area (Å²) in [6.07, 6.45) is 3.11. The summed E-state index contributed by atoms with van der Waals surface area (Å²) in [7, 11) is 1.82. The molecule has 2 saturated heterocycles. The summed E-state index contributed by atoms with van der Waals surface area (Å²) in [5, 5.41) is 0. The molecule has 1 aliphatic carbocycles. The number of carbonyl (C=O) groups excluding carboxylic acids is 2. The van der Waals surface area contributed by atoms with Crippen molar-refractivity contribution in [3.63, 3.8) is 0 Å². The molecule has 2 heterocycles. The topological polar surface area (TPSA) is 49.9 Å². The summed E-state index contributed by atoms with van der Waals surface area (Å²) in [6.45, 7) is 2.43. The molecule has 0 aromatic carbocycles. The van der Waals surface area contributed by atoms with E-state index in [0.717, 1.165) is 32.4 Å². The normalized spacial score (nSPS) is 33.1. The minimum absolute atomic E-state index is 0.0458. The van der Waals surface area contributed by atoms with Crippen LogP contribution >= 0.6 is 0 Å². The summed E-state index contributed by atoms with van der Waals surface area (Å²) in [5.74, 6) is 0.918. The maximum atomic E-state index is 12.1. The van der Waals surface area contributed by atoms with Crippen molar-refractivity contribution in [2.75, 3.05) is 33.3 Å². The van der Waals surface area contributed by atoms with E-state index in [0.29, 0.717) is 12.5 Å². The standard InChI is InChI=1S/C13H20N2O3/c1-14-6-10-7-15(13(17)9-2-3-9)5-4-11(10)18-8-12(14)16/h9-11H,2-8H2,1H3/t10-,11-/m0/s1. The van der Waals surface area contributed by atoms with Gasteiger partial charge in [0.05, 0.1) is 6.10 Å². The highest BCUT2D eigenvalue weighted by Gasteiger charge is 2.40. The number of piperidine rings is 1. The molecule has 5 heteroatoms. The Hall–Kier alpha value is -1.10. The summed E-state index contributed by atoms with van der Waals surface area (Å²) in [6, 6.07) is 0. The fraction of sp³-hybridized carbons (Fsp3) is 0.846. The van der Waals surface area contributed by atoms with E-state index in [4.69, 9.17) is 4.74 Å². The molecule has 2 atom stereocenters. The predicted octanol–water partition coefficient (Wildman–Crippen LogP) is 0.102. The van der Waals surface area contributed by atoms with Crippen LogP contribution in [0, 0.1) is 11.8 Å². The number of ether oxygens (including phenoxy) is 1. The second-order valence-corrected chi connectivity index (χ2v) is 5.73. The van der Waals surface area contributed by atoms with Gasteiger partial charge in [-0.25, -0.2) is 0 Å². The Morgan fingerprint density at radius 2 is 2.06 bits per heavy atom. The quantitative estimate of drug-likeness (QED) is 0.665. The van der Waals surface area contributed by atoms with Gasteiger partial charge < -0.3 is 14.5 Å². The van der Waals surface area contributed by atoms with Gasteiger partial charge in [0.2, 0.25) is 11.8 Å². The van der Waals surface area contributed by atoms with Crippen molar-refractivity contribution in [1.82, 2.24) is 9.80 Å². The Labute approximate surface area is 107 Å². The van der Waals surface area contributed by atoms with E-state index in [-0.39, 0.29) is 30.5 Å². The van der Waals surface area contributed by atoms with Crippen LogP contribution in [0.1, 0.15) is 19.3 Å². The molecule has 0 aromatic rings. The van der Waals surface area contributed by atoms with Crippen LogP contribution in [-0.2, 0) is 14.3 Å². The molecular weight excluding hydrogens is 232 g/mol. The molecule has 0 aromatic heterocycles. The lowest BCUT2D eigenvalue weighted by molar-refractivity contribution is -0.138. The monoisotopic (exact) mass is 252 g/mol. The van der Waals surface area contributed by atoms with Crippen molar-refractivity contribution >= 4 is 11.8 Å². The maximum Gasteiger partial charge on any atom is 0.248 e. The third kappa shape index (κ3) is 2.23. The number of likely N-dealkylation sites (N-methyl/N-ethyl adjacent to an activating group) is 1. The summed E-state index contributed by atoms with van der Waals surface area (Å²) >= 11 is 0. The minimum Gasteiger partial charge on any atom is -0.368 e. The summed E-state index contributed by atoms with van der Waals surface area (Å²) < 4.78 is 5.66. The number of hydrogen-bond acceptors (Lipinski definition) is 3. The molecule has 2 aliphatic heterocycles. The highest BCUT2D eigenvalue weighted by Crippen LogP contribution is 2.33. The Morgan fingerprint density at radius 1 is 1.28 bits per heavy atom. The number of hydrogen-bond donors (Lipinski definition) is 0. The number of amides is 2. The zero-order chi connectivity index (χ0) is 12.7. The van der Waals surface area contributed by atoms with Gasteiger partial charge in [-0.3, -0.25) is 9.59 Å². The molecule has 0 N–H and O–H groups in total. The first-order valence-corrected chi connectivity index (χ1v) is 6.79. The smallest absolute Gasteiger partial charge is 0.248 e. The zero-order valence-corrected chi connectivity index (χ0v) is 10.8. The largest absolute Gasteiger partial charge is 0.368 e. The van der Waals surface area contributed by atoms with Crippen LogP contribution in [0.5, 0.6) is 0 Å². The number of nitrogens with zero attached hydrogens (tertiary/aromatic N) is 2. The van der Waals surface area contributed by atoms with Gasteiger partial charge in [-0.2, -0.15) is 0 Å². The third-order valence-electron chi connectivity index (χ3n) is 4.26. The van der Waals surface area contributed by atoms with Gasteiger partial charge in [-0.1, -0.05) is 0 Å². The van der Waals surface area contributed by atoms with Crippen LogP contribution in [0.3, 0.4) is 0 Å². The second kappa shape index (κ2) is 4.53. The van der Waals surface area contributed by atoms with Gasteiger partial charge in [0.15, 0.2) is 0 Å². The van der Waals surface area contributed by atoms with E-state index in [1.54, 1.807) is 4.90 Å².